The average Bonchev–Trinajstić information content (AvgIpc) is 1.60. The number of aliphatic hydroxyl groups is 3. The number of ether oxygens (including phenoxy) is 6. The number of halogens is 3. The Morgan fingerprint density at radius 1 is 0.433 bits per heavy atom. The number of nitrogens with zero attached hydrogens (tertiary/aromatic N) is 12. The molecule has 6 aromatic heterocycles. The lowest BCUT2D eigenvalue weighted by molar-refractivity contribution is -0.150. The summed E-state index contributed by atoms with van der Waals surface area (Å²) < 4.78 is 160. The number of carbonyl (C=O) groups is 3. The van der Waals surface area contributed by atoms with Gasteiger partial charge in [0.2, 0.25) is 17.8 Å². The number of para-hydroxylation sites is 3. The van der Waals surface area contributed by atoms with Crippen LogP contribution in [0, 0.1) is 0 Å². The number of benzene rings is 3. The number of nitrogen functional groups attached to an aromatic ring is 3. The number of alkyl halides is 3. The Hall–Kier alpha value is -10.1. The van der Waals surface area contributed by atoms with Gasteiger partial charge >= 0.3 is 41.1 Å². The van der Waals surface area contributed by atoms with E-state index in [1.54, 1.807) is 154 Å². The first-order valence-corrected chi connectivity index (χ1v) is 42.2. The minimum Gasteiger partial charge on any atom is -0.462 e. The van der Waals surface area contributed by atoms with E-state index < -0.39 is 170 Å². The zero-order valence-electron chi connectivity index (χ0n) is 67.9. The maximum atomic E-state index is 16.0. The summed E-state index contributed by atoms with van der Waals surface area (Å²) in [6, 6.07) is 21.1. The molecule has 3 aliphatic heterocycles. The molecule has 48 heteroatoms. The van der Waals surface area contributed by atoms with Crippen molar-refractivity contribution in [3.8, 4) is 17.2 Å². The maximum absolute atomic E-state index is 16.0. The second-order valence-electron chi connectivity index (χ2n) is 29.0. The molecule has 3 saturated heterocycles. The highest BCUT2D eigenvalue weighted by atomic mass is 31.2. The number of anilines is 6. The van der Waals surface area contributed by atoms with Gasteiger partial charge in [-0.2, -0.15) is 45.2 Å². The summed E-state index contributed by atoms with van der Waals surface area (Å²) in [5.74, 6) is -0.728. The number of carbonyl (C=O) groups excluding carboxylic acids is 3. The number of aromatic nitrogens is 12. The van der Waals surface area contributed by atoms with Crippen LogP contribution in [0.15, 0.2) is 110 Å². The molecule has 3 aliphatic rings. The summed E-state index contributed by atoms with van der Waals surface area (Å²) in [7, 11) is -7.98. The number of nitrogens with two attached hydrogens (primary N) is 3. The topological polar surface area (TPSA) is 555 Å². The zero-order chi connectivity index (χ0) is 87.7. The van der Waals surface area contributed by atoms with Crippen molar-refractivity contribution in [2.24, 2.45) is 0 Å². The van der Waals surface area contributed by atoms with Crippen LogP contribution < -0.4 is 62.0 Å². The smallest absolute Gasteiger partial charge is 0.459 e. The van der Waals surface area contributed by atoms with Crippen LogP contribution in [-0.2, 0) is 70.1 Å². The third-order valence-corrected chi connectivity index (χ3v) is 23.2. The van der Waals surface area contributed by atoms with Crippen molar-refractivity contribution in [3.63, 3.8) is 0 Å². The fourth-order valence-electron chi connectivity index (χ4n) is 12.4. The zero-order valence-corrected chi connectivity index (χ0v) is 70.6. The third kappa shape index (κ3) is 21.6. The number of hydrogen-bond donors (Lipinski definition) is 12. The van der Waals surface area contributed by atoms with Crippen molar-refractivity contribution in [2.75, 3.05) is 74.1 Å². The highest BCUT2D eigenvalue weighted by Gasteiger charge is 2.59. The highest BCUT2D eigenvalue weighted by molar-refractivity contribution is 7.52. The largest absolute Gasteiger partial charge is 0.462 e. The molecule has 3 aromatic carbocycles. The summed E-state index contributed by atoms with van der Waals surface area (Å²) in [6.45, 7) is 16.1. The number of hydrogen-bond acceptors (Lipinski definition) is 36. The molecular formula is C72H99F3N21O21P3. The minimum atomic E-state index is -4.28. The number of nitrogens with one attached hydrogen (secondary N) is 6. The van der Waals surface area contributed by atoms with E-state index in [4.69, 9.17) is 72.8 Å². The fraction of sp³-hybridized carbons (Fsp3) is 0.500. The van der Waals surface area contributed by atoms with Gasteiger partial charge in [-0.3, -0.25) is 41.7 Å². The lowest BCUT2D eigenvalue weighted by Crippen LogP contribution is -2.41. The van der Waals surface area contributed by atoms with E-state index in [9.17, 15) is 43.4 Å². The Bertz CT molecular complexity index is 4670. The monoisotopic (exact) mass is 1740 g/mol. The van der Waals surface area contributed by atoms with Gasteiger partial charge in [0.05, 0.1) is 57.1 Å². The lowest BCUT2D eigenvalue weighted by atomic mass is 9.98. The summed E-state index contributed by atoms with van der Waals surface area (Å²) in [4.78, 5) is 74.5. The molecule has 0 saturated carbocycles. The van der Waals surface area contributed by atoms with Crippen molar-refractivity contribution >= 4 is 110 Å². The molecule has 0 spiro atoms. The number of rotatable bonds is 33. The molecular weight excluding hydrogens is 1640 g/mol. The van der Waals surface area contributed by atoms with Gasteiger partial charge < -0.3 is 90.5 Å². The van der Waals surface area contributed by atoms with Gasteiger partial charge in [0.15, 0.2) is 86.6 Å². The Balaban J connectivity index is 0.000000189. The van der Waals surface area contributed by atoms with E-state index in [0.29, 0.717) is 34.0 Å². The third-order valence-electron chi connectivity index (χ3n) is 18.2. The molecule has 9 aromatic rings. The highest BCUT2D eigenvalue weighted by Crippen LogP contribution is 2.52. The van der Waals surface area contributed by atoms with Crippen LogP contribution in [0.25, 0.3) is 33.5 Å². The first kappa shape index (κ1) is 92.2. The lowest BCUT2D eigenvalue weighted by Gasteiger charge is -2.25. The predicted octanol–water partition coefficient (Wildman–Crippen LogP) is 7.71. The molecule has 3 fully saturated rings. The van der Waals surface area contributed by atoms with Crippen LogP contribution in [0.5, 0.6) is 17.2 Å². The van der Waals surface area contributed by atoms with Crippen molar-refractivity contribution in [2.45, 2.75) is 192 Å². The van der Waals surface area contributed by atoms with Gasteiger partial charge in [-0.25, -0.2) is 41.8 Å². The van der Waals surface area contributed by atoms with Crippen LogP contribution in [-0.4, -0.2) is 223 Å². The molecule has 15 N–H and O–H groups in total. The standard InChI is InChI=1S/3C24H33FN7O7P/c3*1-13(2)37-21(34)14(3)31-40(35,39-15-9-7-6-8-10-15)36-11-16-18(33)24(4,25)22(38-16)32-12-28-17-19(27-5)29-23(26)30-20(17)32/h3*6-10,12-14,16,18,22,33H,11H2,1-5H3,(H,31,35)(H3,26,27,29,30)/t14-,16-,18-,22-,24-,40?;14-,16-,18-,22-,24-,40+;14-,16-,18-,22-,24-,40-/m111/s1. The van der Waals surface area contributed by atoms with Gasteiger partial charge in [-0.15, -0.1) is 0 Å². The SMILES string of the molecule is CNc1nc(N)nc2c1ncn2[C@@H]1O[C@H](COP(=O)(N[C@H](C)C(=O)OC(C)C)Oc2ccccc2)[C@@H](O)[C@@]1(C)F.CNc1nc(N)nc2c1ncn2[C@@H]1O[C@H](CO[P@@](=O)(N[C@H](C)C(=O)OC(C)C)Oc2ccccc2)[C@@H](O)[C@@]1(C)F.CNc1nc(N)nc2c1ncn2[C@@H]1O[C@H](CO[P@](=O)(N[C@H](C)C(=O)OC(C)C)Oc2ccccc2)[C@@H](O)[C@@]1(C)F. The van der Waals surface area contributed by atoms with Crippen LogP contribution in [0.4, 0.5) is 48.5 Å². The van der Waals surface area contributed by atoms with Gasteiger partial charge in [0, 0.05) is 21.1 Å². The van der Waals surface area contributed by atoms with Gasteiger partial charge in [-0.05, 0) is 119 Å². The Morgan fingerprint density at radius 3 is 0.883 bits per heavy atom. The summed E-state index contributed by atoms with van der Waals surface area (Å²) in [6.07, 6.45) is -10.6. The Morgan fingerprint density at radius 2 is 0.667 bits per heavy atom. The second-order valence-corrected chi connectivity index (χ2v) is 34.1. The van der Waals surface area contributed by atoms with Crippen molar-refractivity contribution in [1.29, 1.82) is 0 Å². The number of aliphatic hydroxyl groups excluding tert-OH is 3. The Kier molecular flexibility index (Phi) is 29.5. The van der Waals surface area contributed by atoms with Crippen molar-refractivity contribution in [3.05, 3.63) is 110 Å². The number of fused-ring (bicyclic) bond motifs is 3. The average molecular weight is 1740 g/mol. The molecule has 120 heavy (non-hydrogen) atoms. The first-order chi connectivity index (χ1) is 56.5. The Labute approximate surface area is 686 Å². The van der Waals surface area contributed by atoms with E-state index in [1.807, 2.05) is 0 Å². The number of imidazole rings is 3. The van der Waals surface area contributed by atoms with Crippen LogP contribution in [0.1, 0.15) is 102 Å². The molecule has 0 aliphatic carbocycles. The minimum absolute atomic E-state index is 0.0761. The molecule has 42 nitrogen and oxygen atoms in total. The molecule has 9 heterocycles. The summed E-state index contributed by atoms with van der Waals surface area (Å²) in [5.41, 5.74) is 11.8. The van der Waals surface area contributed by atoms with Crippen molar-refractivity contribution in [1.82, 2.24) is 73.8 Å². The van der Waals surface area contributed by atoms with E-state index >= 15 is 13.2 Å². The molecule has 1 unspecified atom stereocenters. The van der Waals surface area contributed by atoms with Crippen LogP contribution in [0.3, 0.4) is 0 Å². The van der Waals surface area contributed by atoms with Gasteiger partial charge in [0.1, 0.15) is 72.0 Å². The van der Waals surface area contributed by atoms with Crippen LogP contribution >= 0.6 is 23.2 Å². The van der Waals surface area contributed by atoms with Crippen molar-refractivity contribution < 1.29 is 112 Å². The molecule has 654 valence electrons. The predicted molar refractivity (Wildman–Crippen MR) is 429 cm³/mol. The second kappa shape index (κ2) is 38.3. The normalized spacial score (nSPS) is 25.1. The van der Waals surface area contributed by atoms with Gasteiger partial charge in [0.25, 0.3) is 0 Å². The molecule has 0 radical (unpaired) electrons. The van der Waals surface area contributed by atoms with E-state index in [2.05, 4.69) is 76.1 Å². The molecule has 0 amide bonds. The molecule has 18 atom stereocenters. The van der Waals surface area contributed by atoms with Crippen LogP contribution in [0.2, 0.25) is 0 Å². The van der Waals surface area contributed by atoms with E-state index in [-0.39, 0.29) is 52.0 Å². The van der Waals surface area contributed by atoms with E-state index in [1.165, 1.54) is 53.5 Å². The quantitative estimate of drug-likeness (QED) is 0.0106. The van der Waals surface area contributed by atoms with E-state index in [0.717, 1.165) is 20.8 Å². The summed E-state index contributed by atoms with van der Waals surface area (Å²) in [5, 5.41) is 48.7. The molecule has 0 bridgehead atoms. The fourth-order valence-corrected chi connectivity index (χ4v) is 16.9. The van der Waals surface area contributed by atoms with Gasteiger partial charge in [-0.1, -0.05) is 54.6 Å². The summed E-state index contributed by atoms with van der Waals surface area (Å²) >= 11 is 0. The molecule has 12 rings (SSSR count). The first-order valence-electron chi connectivity index (χ1n) is 37.6. The number of esters is 3. The maximum Gasteiger partial charge on any atom is 0.459 e.